The van der Waals surface area contributed by atoms with E-state index in [1.54, 1.807) is 7.11 Å². The molecular formula is C27H40O2. The summed E-state index contributed by atoms with van der Waals surface area (Å²) in [7, 11) is 1.77. The van der Waals surface area contributed by atoms with Crippen molar-refractivity contribution in [3.8, 4) is 11.5 Å². The zero-order valence-corrected chi connectivity index (χ0v) is 20.9. The summed E-state index contributed by atoms with van der Waals surface area (Å²) >= 11 is 0. The Morgan fingerprint density at radius 3 is 1.14 bits per heavy atom. The highest BCUT2D eigenvalue weighted by Crippen LogP contribution is 2.46. The maximum atomic E-state index is 6.21. The Morgan fingerprint density at radius 1 is 0.552 bits per heavy atom. The first-order valence-electron chi connectivity index (χ1n) is 10.7. The van der Waals surface area contributed by atoms with Crippen LogP contribution in [0.25, 0.3) is 0 Å². The molecule has 0 saturated heterocycles. The van der Waals surface area contributed by atoms with Crippen LogP contribution in [0, 0.1) is 55.4 Å². The second-order valence-corrected chi connectivity index (χ2v) is 9.40. The maximum absolute atomic E-state index is 6.21. The first-order valence-corrected chi connectivity index (χ1v) is 10.7. The van der Waals surface area contributed by atoms with Gasteiger partial charge in [-0.1, -0.05) is 13.8 Å². The second kappa shape index (κ2) is 8.05. The lowest BCUT2D eigenvalue weighted by atomic mass is 9.68. The summed E-state index contributed by atoms with van der Waals surface area (Å²) < 4.78 is 11.9. The van der Waals surface area contributed by atoms with Gasteiger partial charge < -0.3 is 9.47 Å². The van der Waals surface area contributed by atoms with Crippen LogP contribution in [-0.4, -0.2) is 13.2 Å². The molecule has 0 atom stereocenters. The molecule has 0 N–H and O–H groups in total. The highest BCUT2D eigenvalue weighted by atomic mass is 16.5. The fraction of sp³-hybridized carbons (Fsp3) is 0.556. The summed E-state index contributed by atoms with van der Waals surface area (Å²) in [4.78, 5) is 0. The molecule has 0 unspecified atom stereocenters. The quantitative estimate of drug-likeness (QED) is 0.529. The van der Waals surface area contributed by atoms with Crippen LogP contribution in [0.5, 0.6) is 11.5 Å². The number of benzene rings is 2. The average Bonchev–Trinajstić information content (AvgIpc) is 2.62. The highest BCUT2D eigenvalue weighted by Gasteiger charge is 2.34. The van der Waals surface area contributed by atoms with E-state index in [9.17, 15) is 0 Å². The fourth-order valence-corrected chi connectivity index (χ4v) is 5.27. The minimum absolute atomic E-state index is 0.129. The predicted molar refractivity (Wildman–Crippen MR) is 125 cm³/mol. The Hall–Kier alpha value is -1.96. The summed E-state index contributed by atoms with van der Waals surface area (Å²) in [5.41, 5.74) is 13.0. The summed E-state index contributed by atoms with van der Waals surface area (Å²) in [6.45, 7) is 26.6. The fourth-order valence-electron chi connectivity index (χ4n) is 5.27. The maximum Gasteiger partial charge on any atom is 0.126 e. The van der Waals surface area contributed by atoms with E-state index >= 15 is 0 Å². The van der Waals surface area contributed by atoms with Gasteiger partial charge in [-0.25, -0.2) is 0 Å². The highest BCUT2D eigenvalue weighted by molar-refractivity contribution is 5.63. The van der Waals surface area contributed by atoms with Gasteiger partial charge >= 0.3 is 0 Å². The zero-order chi connectivity index (χ0) is 22.4. The Kier molecular flexibility index (Phi) is 6.47. The molecule has 2 aromatic carbocycles. The van der Waals surface area contributed by atoms with Gasteiger partial charge in [0, 0.05) is 5.41 Å². The Labute approximate surface area is 178 Å². The average molecular weight is 397 g/mol. The standard InChI is InChI=1S/C27H40O2/c1-14(2)29-26-21(9)17(5)24(18(6)22(26)10)27(11,12)23-15(3)19(7)25(28-13)20(8)16(23)4/h14H,1-13H3. The van der Waals surface area contributed by atoms with Gasteiger partial charge in [-0.2, -0.15) is 0 Å². The first-order chi connectivity index (χ1) is 13.3. The Bertz CT molecular complexity index is 888. The molecule has 160 valence electrons. The molecule has 0 aliphatic heterocycles. The lowest BCUT2D eigenvalue weighted by Crippen LogP contribution is -2.27. The predicted octanol–water partition coefficient (Wildman–Crippen LogP) is 7.28. The van der Waals surface area contributed by atoms with Crippen LogP contribution in [0.1, 0.15) is 83.3 Å². The molecule has 29 heavy (non-hydrogen) atoms. The third-order valence-corrected chi connectivity index (χ3v) is 6.92. The van der Waals surface area contributed by atoms with E-state index in [1.165, 1.54) is 55.6 Å². The van der Waals surface area contributed by atoms with Crippen LogP contribution in [-0.2, 0) is 5.41 Å². The zero-order valence-electron chi connectivity index (χ0n) is 20.9. The van der Waals surface area contributed by atoms with Gasteiger partial charge in [0.05, 0.1) is 13.2 Å². The normalized spacial score (nSPS) is 11.9. The smallest absolute Gasteiger partial charge is 0.126 e. The van der Waals surface area contributed by atoms with Gasteiger partial charge in [-0.05, 0) is 125 Å². The molecule has 0 fully saturated rings. The van der Waals surface area contributed by atoms with Gasteiger partial charge in [0.1, 0.15) is 11.5 Å². The molecule has 0 amide bonds. The van der Waals surface area contributed by atoms with Crippen molar-refractivity contribution in [3.05, 3.63) is 55.6 Å². The molecule has 0 aliphatic rings. The van der Waals surface area contributed by atoms with Crippen molar-refractivity contribution in [2.24, 2.45) is 0 Å². The third-order valence-electron chi connectivity index (χ3n) is 6.92. The van der Waals surface area contributed by atoms with E-state index in [2.05, 4.69) is 83.1 Å². The van der Waals surface area contributed by atoms with E-state index < -0.39 is 0 Å². The number of ether oxygens (including phenoxy) is 2. The molecule has 0 saturated carbocycles. The van der Waals surface area contributed by atoms with Gasteiger partial charge in [0.2, 0.25) is 0 Å². The first kappa shape index (κ1) is 23.3. The van der Waals surface area contributed by atoms with Crippen molar-refractivity contribution in [1.82, 2.24) is 0 Å². The van der Waals surface area contributed by atoms with Crippen molar-refractivity contribution < 1.29 is 9.47 Å². The van der Waals surface area contributed by atoms with Crippen LogP contribution < -0.4 is 9.47 Å². The van der Waals surface area contributed by atoms with E-state index in [1.807, 2.05) is 0 Å². The molecular weight excluding hydrogens is 356 g/mol. The van der Waals surface area contributed by atoms with Gasteiger partial charge in [0.25, 0.3) is 0 Å². The summed E-state index contributed by atoms with van der Waals surface area (Å²) in [5, 5.41) is 0. The number of hydrogen-bond donors (Lipinski definition) is 0. The van der Waals surface area contributed by atoms with Crippen LogP contribution in [0.4, 0.5) is 0 Å². The van der Waals surface area contributed by atoms with E-state index in [-0.39, 0.29) is 11.5 Å². The minimum Gasteiger partial charge on any atom is -0.496 e. The lowest BCUT2D eigenvalue weighted by Gasteiger charge is -2.36. The minimum atomic E-state index is -0.129. The van der Waals surface area contributed by atoms with Crippen LogP contribution in [0.15, 0.2) is 0 Å². The summed E-state index contributed by atoms with van der Waals surface area (Å²) in [5.74, 6) is 2.06. The van der Waals surface area contributed by atoms with Crippen molar-refractivity contribution in [1.29, 1.82) is 0 Å². The van der Waals surface area contributed by atoms with Crippen molar-refractivity contribution in [3.63, 3.8) is 0 Å². The molecule has 0 radical (unpaired) electrons. The molecule has 0 bridgehead atoms. The molecule has 0 aromatic heterocycles. The molecule has 0 heterocycles. The van der Waals surface area contributed by atoms with E-state index in [4.69, 9.17) is 9.47 Å². The third kappa shape index (κ3) is 3.67. The van der Waals surface area contributed by atoms with Gasteiger partial charge in [0.15, 0.2) is 0 Å². The van der Waals surface area contributed by atoms with Crippen molar-refractivity contribution in [2.75, 3.05) is 7.11 Å². The monoisotopic (exact) mass is 396 g/mol. The molecule has 0 aliphatic carbocycles. The van der Waals surface area contributed by atoms with E-state index in [0.717, 1.165) is 11.5 Å². The number of hydrogen-bond acceptors (Lipinski definition) is 2. The van der Waals surface area contributed by atoms with Gasteiger partial charge in [-0.15, -0.1) is 0 Å². The van der Waals surface area contributed by atoms with Crippen LogP contribution >= 0.6 is 0 Å². The topological polar surface area (TPSA) is 18.5 Å². The van der Waals surface area contributed by atoms with E-state index in [0.29, 0.717) is 0 Å². The van der Waals surface area contributed by atoms with Crippen molar-refractivity contribution >= 4 is 0 Å². The summed E-state index contributed by atoms with van der Waals surface area (Å²) in [6, 6.07) is 0. The number of rotatable bonds is 5. The molecule has 2 heteroatoms. The van der Waals surface area contributed by atoms with Gasteiger partial charge in [-0.3, -0.25) is 0 Å². The molecule has 2 rings (SSSR count). The molecule has 2 aromatic rings. The molecule has 2 nitrogen and oxygen atoms in total. The number of methoxy groups -OCH3 is 1. The molecule has 0 spiro atoms. The van der Waals surface area contributed by atoms with Crippen LogP contribution in [0.2, 0.25) is 0 Å². The lowest BCUT2D eigenvalue weighted by molar-refractivity contribution is 0.238. The van der Waals surface area contributed by atoms with Crippen molar-refractivity contribution in [2.45, 2.75) is 94.6 Å². The SMILES string of the molecule is COc1c(C)c(C)c(C(C)(C)c2c(C)c(C)c(OC(C)C)c(C)c2C)c(C)c1C. The second-order valence-electron chi connectivity index (χ2n) is 9.40. The largest absolute Gasteiger partial charge is 0.496 e. The Balaban J connectivity index is 2.89. The Morgan fingerprint density at radius 2 is 0.862 bits per heavy atom. The summed E-state index contributed by atoms with van der Waals surface area (Å²) in [6.07, 6.45) is 0.168. The van der Waals surface area contributed by atoms with Crippen LogP contribution in [0.3, 0.4) is 0 Å².